The molecule has 1 aromatic rings. The first-order valence-electron chi connectivity index (χ1n) is 4.37. The van der Waals surface area contributed by atoms with Crippen molar-refractivity contribution >= 4 is 5.97 Å². The van der Waals surface area contributed by atoms with Crippen molar-refractivity contribution in [3.63, 3.8) is 0 Å². The standard InChI is InChI=1S/C9H8F3NO4/c10-9(11,12)7(14)4-17-6-3-13-2-1-5(6)8(15)16/h1-3,7,14H,4H2,(H,15,16). The number of alkyl halides is 3. The quantitative estimate of drug-likeness (QED) is 0.837. The molecule has 5 nitrogen and oxygen atoms in total. The first-order chi connectivity index (χ1) is 7.82. The molecular weight excluding hydrogens is 243 g/mol. The second-order valence-electron chi connectivity index (χ2n) is 3.05. The van der Waals surface area contributed by atoms with Gasteiger partial charge >= 0.3 is 12.1 Å². The largest absolute Gasteiger partial charge is 0.488 e. The van der Waals surface area contributed by atoms with Crippen molar-refractivity contribution in [2.75, 3.05) is 6.61 Å². The lowest BCUT2D eigenvalue weighted by molar-refractivity contribution is -0.210. The highest BCUT2D eigenvalue weighted by Crippen LogP contribution is 2.22. The van der Waals surface area contributed by atoms with Gasteiger partial charge in [0.1, 0.15) is 12.2 Å². The fraction of sp³-hybridized carbons (Fsp3) is 0.333. The van der Waals surface area contributed by atoms with E-state index in [4.69, 9.17) is 10.2 Å². The maximum atomic E-state index is 11.9. The van der Waals surface area contributed by atoms with Gasteiger partial charge in [-0.2, -0.15) is 13.2 Å². The van der Waals surface area contributed by atoms with Gasteiger partial charge < -0.3 is 14.9 Å². The Morgan fingerprint density at radius 3 is 2.71 bits per heavy atom. The number of carboxylic acid groups (broad SMARTS) is 1. The maximum absolute atomic E-state index is 11.9. The molecule has 0 amide bonds. The number of nitrogens with zero attached hydrogens (tertiary/aromatic N) is 1. The van der Waals surface area contributed by atoms with Crippen molar-refractivity contribution in [3.8, 4) is 5.75 Å². The van der Waals surface area contributed by atoms with E-state index >= 15 is 0 Å². The number of aliphatic hydroxyl groups is 1. The molecule has 0 spiro atoms. The summed E-state index contributed by atoms with van der Waals surface area (Å²) in [5, 5.41) is 17.4. The molecule has 0 saturated heterocycles. The molecule has 0 aliphatic heterocycles. The van der Waals surface area contributed by atoms with Gasteiger partial charge in [0, 0.05) is 6.20 Å². The lowest BCUT2D eigenvalue weighted by atomic mass is 10.2. The smallest absolute Gasteiger partial charge is 0.417 e. The normalized spacial score (nSPS) is 13.2. The topological polar surface area (TPSA) is 79.7 Å². The number of hydrogen-bond acceptors (Lipinski definition) is 4. The van der Waals surface area contributed by atoms with Crippen LogP contribution in [-0.2, 0) is 0 Å². The van der Waals surface area contributed by atoms with E-state index < -0.39 is 24.9 Å². The number of aromatic carboxylic acids is 1. The van der Waals surface area contributed by atoms with Gasteiger partial charge in [0.25, 0.3) is 0 Å². The first kappa shape index (κ1) is 13.2. The minimum Gasteiger partial charge on any atom is -0.488 e. The lowest BCUT2D eigenvalue weighted by Crippen LogP contribution is -2.34. The summed E-state index contributed by atoms with van der Waals surface area (Å²) in [6, 6.07) is 1.08. The molecule has 8 heteroatoms. The summed E-state index contributed by atoms with van der Waals surface area (Å²) in [6.45, 7) is -1.09. The zero-order valence-electron chi connectivity index (χ0n) is 8.31. The van der Waals surface area contributed by atoms with Crippen LogP contribution < -0.4 is 4.74 Å². The Balaban J connectivity index is 2.73. The van der Waals surface area contributed by atoms with Crippen molar-refractivity contribution in [1.82, 2.24) is 4.98 Å². The number of pyridine rings is 1. The van der Waals surface area contributed by atoms with Crippen LogP contribution in [0.1, 0.15) is 10.4 Å². The van der Waals surface area contributed by atoms with Crippen molar-refractivity contribution in [1.29, 1.82) is 0 Å². The molecule has 17 heavy (non-hydrogen) atoms. The van der Waals surface area contributed by atoms with Crippen LogP contribution >= 0.6 is 0 Å². The summed E-state index contributed by atoms with van der Waals surface area (Å²) in [6.07, 6.45) is -5.36. The number of carbonyl (C=O) groups is 1. The second-order valence-corrected chi connectivity index (χ2v) is 3.05. The highest BCUT2D eigenvalue weighted by molar-refractivity contribution is 5.90. The summed E-state index contributed by atoms with van der Waals surface area (Å²) in [7, 11) is 0. The number of aliphatic hydroxyl groups excluding tert-OH is 1. The van der Waals surface area contributed by atoms with Crippen LogP contribution in [0.2, 0.25) is 0 Å². The number of rotatable bonds is 4. The van der Waals surface area contributed by atoms with E-state index in [2.05, 4.69) is 9.72 Å². The summed E-state index contributed by atoms with van der Waals surface area (Å²) < 4.78 is 40.4. The van der Waals surface area contributed by atoms with E-state index in [0.29, 0.717) is 0 Å². The number of ether oxygens (including phenoxy) is 1. The van der Waals surface area contributed by atoms with E-state index in [1.807, 2.05) is 0 Å². The number of aromatic nitrogens is 1. The minimum atomic E-state index is -4.81. The SMILES string of the molecule is O=C(O)c1ccncc1OCC(O)C(F)(F)F. The molecule has 0 aromatic carbocycles. The Bertz CT molecular complexity index is 407. The van der Waals surface area contributed by atoms with Crippen LogP contribution in [0, 0.1) is 0 Å². The van der Waals surface area contributed by atoms with Gasteiger partial charge in [0.2, 0.25) is 0 Å². The van der Waals surface area contributed by atoms with Crippen molar-refractivity contribution in [2.45, 2.75) is 12.3 Å². The summed E-state index contributed by atoms with van der Waals surface area (Å²) in [5.41, 5.74) is -0.325. The highest BCUT2D eigenvalue weighted by atomic mass is 19.4. The van der Waals surface area contributed by atoms with Crippen LogP contribution in [-0.4, -0.2) is 40.1 Å². The van der Waals surface area contributed by atoms with Gasteiger partial charge in [-0.1, -0.05) is 0 Å². The van der Waals surface area contributed by atoms with Crippen LogP contribution in [0.25, 0.3) is 0 Å². The molecule has 1 heterocycles. The van der Waals surface area contributed by atoms with Crippen LogP contribution in [0.3, 0.4) is 0 Å². The second kappa shape index (κ2) is 5.00. The maximum Gasteiger partial charge on any atom is 0.417 e. The molecule has 0 bridgehead atoms. The van der Waals surface area contributed by atoms with E-state index in [-0.39, 0.29) is 11.3 Å². The molecule has 1 rings (SSSR count). The molecule has 2 N–H and O–H groups in total. The third-order valence-electron chi connectivity index (χ3n) is 1.79. The lowest BCUT2D eigenvalue weighted by Gasteiger charge is -2.15. The summed E-state index contributed by atoms with van der Waals surface area (Å²) in [5.74, 6) is -1.69. The molecule has 94 valence electrons. The van der Waals surface area contributed by atoms with Crippen LogP contribution in [0.15, 0.2) is 18.5 Å². The number of halogens is 3. The monoisotopic (exact) mass is 251 g/mol. The molecular formula is C9H8F3NO4. The van der Waals surface area contributed by atoms with Crippen LogP contribution in [0.5, 0.6) is 5.75 Å². The van der Waals surface area contributed by atoms with E-state index in [1.54, 1.807) is 0 Å². The third-order valence-corrected chi connectivity index (χ3v) is 1.79. The summed E-state index contributed by atoms with van der Waals surface area (Å²) >= 11 is 0. The summed E-state index contributed by atoms with van der Waals surface area (Å²) in [4.78, 5) is 14.2. The Morgan fingerprint density at radius 1 is 1.53 bits per heavy atom. The number of hydrogen-bond donors (Lipinski definition) is 2. The fourth-order valence-corrected chi connectivity index (χ4v) is 0.935. The predicted molar refractivity (Wildman–Crippen MR) is 48.8 cm³/mol. The van der Waals surface area contributed by atoms with Crippen molar-refractivity contribution < 1.29 is 32.9 Å². The predicted octanol–water partition coefficient (Wildman–Crippen LogP) is 1.08. The zero-order chi connectivity index (χ0) is 13.1. The van der Waals surface area contributed by atoms with Gasteiger partial charge in [-0.3, -0.25) is 4.98 Å². The molecule has 0 aliphatic rings. The molecule has 0 radical (unpaired) electrons. The molecule has 1 unspecified atom stereocenters. The molecule has 0 aliphatic carbocycles. The highest BCUT2D eigenvalue weighted by Gasteiger charge is 2.38. The molecule has 1 atom stereocenters. The third kappa shape index (κ3) is 3.59. The van der Waals surface area contributed by atoms with Gasteiger partial charge in [0.15, 0.2) is 11.9 Å². The van der Waals surface area contributed by atoms with Gasteiger partial charge in [-0.15, -0.1) is 0 Å². The van der Waals surface area contributed by atoms with Gasteiger partial charge in [0.05, 0.1) is 6.20 Å². The molecule has 0 saturated carbocycles. The zero-order valence-corrected chi connectivity index (χ0v) is 8.31. The Morgan fingerprint density at radius 2 is 2.18 bits per heavy atom. The Kier molecular flexibility index (Phi) is 3.89. The average Bonchev–Trinajstić information content (AvgIpc) is 2.24. The fourth-order valence-electron chi connectivity index (χ4n) is 0.935. The molecule has 0 fully saturated rings. The number of carboxylic acids is 1. The van der Waals surface area contributed by atoms with E-state index in [9.17, 15) is 18.0 Å². The van der Waals surface area contributed by atoms with Crippen molar-refractivity contribution in [2.24, 2.45) is 0 Å². The van der Waals surface area contributed by atoms with Gasteiger partial charge in [-0.05, 0) is 6.07 Å². The minimum absolute atomic E-state index is 0.325. The van der Waals surface area contributed by atoms with Crippen LogP contribution in [0.4, 0.5) is 13.2 Å². The van der Waals surface area contributed by atoms with Crippen molar-refractivity contribution in [3.05, 3.63) is 24.0 Å². The molecule has 1 aromatic heterocycles. The van der Waals surface area contributed by atoms with E-state index in [1.165, 1.54) is 0 Å². The van der Waals surface area contributed by atoms with Gasteiger partial charge in [-0.25, -0.2) is 4.79 Å². The Hall–Kier alpha value is -1.83. The first-order valence-corrected chi connectivity index (χ1v) is 4.37. The Labute approximate surface area is 93.5 Å². The average molecular weight is 251 g/mol. The van der Waals surface area contributed by atoms with E-state index in [0.717, 1.165) is 18.5 Å².